The van der Waals surface area contributed by atoms with Gasteiger partial charge in [0.15, 0.2) is 0 Å². The lowest BCUT2D eigenvalue weighted by atomic mass is 9.99. The summed E-state index contributed by atoms with van der Waals surface area (Å²) in [6.07, 6.45) is 5.45. The van der Waals surface area contributed by atoms with Crippen molar-refractivity contribution in [3.05, 3.63) is 53.6 Å². The molecule has 1 N–H and O–H groups in total. The maximum absolute atomic E-state index is 13.0. The van der Waals surface area contributed by atoms with Crippen LogP contribution < -0.4 is 5.32 Å². The number of rotatable bonds is 5. The second kappa shape index (κ2) is 8.45. The lowest BCUT2D eigenvalue weighted by molar-refractivity contribution is -0.132. The lowest BCUT2D eigenvalue weighted by Crippen LogP contribution is -2.38. The fourth-order valence-corrected chi connectivity index (χ4v) is 3.36. The molecule has 1 aliphatic rings. The van der Waals surface area contributed by atoms with Crippen LogP contribution in [-0.4, -0.2) is 40.7 Å². The molecule has 1 saturated heterocycles. The summed E-state index contributed by atoms with van der Waals surface area (Å²) in [5, 5.41) is 7.24. The second-order valence-electron chi connectivity index (χ2n) is 6.44. The van der Waals surface area contributed by atoms with Crippen molar-refractivity contribution in [1.82, 2.24) is 20.0 Å². The third-order valence-electron chi connectivity index (χ3n) is 4.63. The van der Waals surface area contributed by atoms with Gasteiger partial charge in [-0.3, -0.25) is 9.48 Å². The summed E-state index contributed by atoms with van der Waals surface area (Å²) in [5.74, 6) is 0.299. The topological polar surface area (TPSA) is 50.2 Å². The number of hydrogen-bond donors (Lipinski definition) is 1. The highest BCUT2D eigenvalue weighted by atomic mass is 35.5. The monoisotopic (exact) mass is 366 g/mol. The Kier molecular flexibility index (Phi) is 6.56. The molecule has 0 spiro atoms. The van der Waals surface area contributed by atoms with Gasteiger partial charge in [-0.2, -0.15) is 5.10 Å². The molecule has 0 radical (unpaired) electrons. The predicted molar refractivity (Wildman–Crippen MR) is 97.0 cm³/mol. The van der Waals surface area contributed by atoms with Gasteiger partial charge in [-0.05, 0) is 43.5 Å². The summed E-state index contributed by atoms with van der Waals surface area (Å²) in [6, 6.07) is 6.28. The van der Waals surface area contributed by atoms with Gasteiger partial charge in [0.05, 0.1) is 6.20 Å². The first kappa shape index (κ1) is 19.4. The number of nitrogens with zero attached hydrogens (tertiary/aromatic N) is 3. The van der Waals surface area contributed by atoms with Crippen LogP contribution in [-0.2, 0) is 18.3 Å². The van der Waals surface area contributed by atoms with Gasteiger partial charge in [0.2, 0.25) is 5.91 Å². The van der Waals surface area contributed by atoms with E-state index in [1.54, 1.807) is 17.9 Å². The largest absolute Gasteiger partial charge is 0.341 e. The molecule has 2 aromatic rings. The summed E-state index contributed by atoms with van der Waals surface area (Å²) in [5.41, 5.74) is 2.00. The minimum Gasteiger partial charge on any atom is -0.341 e. The molecule has 2 unspecified atom stereocenters. The van der Waals surface area contributed by atoms with Gasteiger partial charge in [0.25, 0.3) is 0 Å². The van der Waals surface area contributed by atoms with Gasteiger partial charge < -0.3 is 10.2 Å². The number of aromatic nitrogens is 2. The molecule has 1 aromatic heterocycles. The molecule has 0 bridgehead atoms. The average Bonchev–Trinajstić information content (AvgIpc) is 3.20. The summed E-state index contributed by atoms with van der Waals surface area (Å²) in [6.45, 7) is 1.51. The van der Waals surface area contributed by atoms with Crippen LogP contribution in [0.5, 0.6) is 0 Å². The first-order valence-electron chi connectivity index (χ1n) is 8.26. The number of benzene rings is 1. The minimum absolute atomic E-state index is 0. The van der Waals surface area contributed by atoms with Crippen LogP contribution in [0, 0.1) is 11.7 Å². The van der Waals surface area contributed by atoms with Crippen molar-refractivity contribution in [2.75, 3.05) is 20.1 Å². The Balaban J connectivity index is 0.00000225. The number of aryl methyl sites for hydroxylation is 1. The third kappa shape index (κ3) is 4.58. The van der Waals surface area contributed by atoms with Crippen LogP contribution in [0.1, 0.15) is 23.6 Å². The molecule has 7 heteroatoms. The van der Waals surface area contributed by atoms with E-state index in [1.165, 1.54) is 12.1 Å². The molecule has 3 rings (SSSR count). The van der Waals surface area contributed by atoms with Crippen LogP contribution in [0.15, 0.2) is 36.7 Å². The van der Waals surface area contributed by atoms with Crippen molar-refractivity contribution >= 4 is 18.3 Å². The van der Waals surface area contributed by atoms with E-state index in [1.807, 2.05) is 30.3 Å². The fraction of sp³-hybridized carbons (Fsp3) is 0.444. The van der Waals surface area contributed by atoms with Crippen LogP contribution in [0.4, 0.5) is 4.39 Å². The van der Waals surface area contributed by atoms with Crippen molar-refractivity contribution in [2.45, 2.75) is 18.9 Å². The number of carbonyl (C=O) groups excluding carboxylic acids is 1. The molecule has 0 aliphatic carbocycles. The molecule has 1 fully saturated rings. The third-order valence-corrected chi connectivity index (χ3v) is 4.63. The first-order chi connectivity index (χ1) is 11.6. The molecule has 1 amide bonds. The Labute approximate surface area is 153 Å². The number of amides is 1. The molecule has 0 saturated carbocycles. The highest BCUT2D eigenvalue weighted by Gasteiger charge is 2.31. The highest BCUT2D eigenvalue weighted by molar-refractivity contribution is 5.85. The van der Waals surface area contributed by atoms with Crippen LogP contribution >= 0.6 is 12.4 Å². The van der Waals surface area contributed by atoms with Gasteiger partial charge in [-0.25, -0.2) is 4.39 Å². The van der Waals surface area contributed by atoms with Crippen molar-refractivity contribution in [3.63, 3.8) is 0 Å². The molecule has 1 aliphatic heterocycles. The van der Waals surface area contributed by atoms with Gasteiger partial charge in [-0.15, -0.1) is 12.4 Å². The smallest absolute Gasteiger partial charge is 0.244 e. The zero-order valence-corrected chi connectivity index (χ0v) is 15.3. The highest BCUT2D eigenvalue weighted by Crippen LogP contribution is 2.24. The van der Waals surface area contributed by atoms with Gasteiger partial charge in [0, 0.05) is 31.9 Å². The summed E-state index contributed by atoms with van der Waals surface area (Å²) in [4.78, 5) is 14.7. The Bertz CT molecular complexity index is 703. The summed E-state index contributed by atoms with van der Waals surface area (Å²) in [7, 11) is 3.64. The van der Waals surface area contributed by atoms with E-state index in [4.69, 9.17) is 0 Å². The Hall–Kier alpha value is -1.92. The van der Waals surface area contributed by atoms with E-state index < -0.39 is 0 Å². The van der Waals surface area contributed by atoms with Crippen molar-refractivity contribution < 1.29 is 9.18 Å². The van der Waals surface area contributed by atoms with E-state index in [0.717, 1.165) is 37.1 Å². The zero-order chi connectivity index (χ0) is 17.1. The van der Waals surface area contributed by atoms with Crippen LogP contribution in [0.25, 0.3) is 0 Å². The Morgan fingerprint density at radius 3 is 2.72 bits per heavy atom. The molecule has 5 nitrogen and oxygen atoms in total. The van der Waals surface area contributed by atoms with E-state index in [9.17, 15) is 9.18 Å². The molecule has 1 aromatic carbocycles. The Morgan fingerprint density at radius 1 is 1.40 bits per heavy atom. The normalized spacial score (nSPS) is 18.0. The van der Waals surface area contributed by atoms with Gasteiger partial charge in [-0.1, -0.05) is 12.1 Å². The standard InChI is InChI=1S/C18H23FN4O.ClH/c1-20-17(15-10-21-22(2)12-15)18(24)23-8-7-14(11-23)9-13-3-5-16(19)6-4-13;/h3-6,10,12,14,17,20H,7-9,11H2,1-2H3;1H. The zero-order valence-electron chi connectivity index (χ0n) is 14.5. The molecule has 25 heavy (non-hydrogen) atoms. The number of hydrogen-bond acceptors (Lipinski definition) is 3. The number of halogens is 2. The number of likely N-dealkylation sites (tertiary alicyclic amines) is 1. The van der Waals surface area contributed by atoms with E-state index >= 15 is 0 Å². The molecular weight excluding hydrogens is 343 g/mol. The number of carbonyl (C=O) groups is 1. The molecule has 136 valence electrons. The molecule has 2 atom stereocenters. The number of likely N-dealkylation sites (N-methyl/N-ethyl adjacent to an activating group) is 1. The SMILES string of the molecule is CNC(C(=O)N1CCC(Cc2ccc(F)cc2)C1)c1cnn(C)c1.Cl. The number of nitrogens with one attached hydrogen (secondary N) is 1. The van der Waals surface area contributed by atoms with E-state index in [-0.39, 0.29) is 30.2 Å². The lowest BCUT2D eigenvalue weighted by Gasteiger charge is -2.22. The van der Waals surface area contributed by atoms with E-state index in [0.29, 0.717) is 5.92 Å². The van der Waals surface area contributed by atoms with E-state index in [2.05, 4.69) is 10.4 Å². The average molecular weight is 367 g/mol. The maximum Gasteiger partial charge on any atom is 0.244 e. The molecule has 2 heterocycles. The summed E-state index contributed by atoms with van der Waals surface area (Å²) >= 11 is 0. The first-order valence-corrected chi connectivity index (χ1v) is 8.26. The van der Waals surface area contributed by atoms with Crippen LogP contribution in [0.2, 0.25) is 0 Å². The fourth-order valence-electron chi connectivity index (χ4n) is 3.36. The Morgan fingerprint density at radius 2 is 2.12 bits per heavy atom. The quantitative estimate of drug-likeness (QED) is 0.883. The predicted octanol–water partition coefficient (Wildman–Crippen LogP) is 2.33. The minimum atomic E-state index is -0.358. The van der Waals surface area contributed by atoms with Crippen molar-refractivity contribution in [2.24, 2.45) is 13.0 Å². The maximum atomic E-state index is 13.0. The summed E-state index contributed by atoms with van der Waals surface area (Å²) < 4.78 is 14.7. The second-order valence-corrected chi connectivity index (χ2v) is 6.44. The van der Waals surface area contributed by atoms with Crippen LogP contribution in [0.3, 0.4) is 0 Å². The molecular formula is C18H24ClFN4O. The van der Waals surface area contributed by atoms with Gasteiger partial charge >= 0.3 is 0 Å². The van der Waals surface area contributed by atoms with Crippen molar-refractivity contribution in [1.29, 1.82) is 0 Å². The van der Waals surface area contributed by atoms with Crippen molar-refractivity contribution in [3.8, 4) is 0 Å². The van der Waals surface area contributed by atoms with Gasteiger partial charge in [0.1, 0.15) is 11.9 Å².